The smallest absolute Gasteiger partial charge is 0.0527 e. The average Bonchev–Trinajstić information content (AvgIpc) is 2.89. The van der Waals surface area contributed by atoms with Gasteiger partial charge in [0, 0.05) is 41.1 Å². The number of unbranched alkanes of at least 4 members (excludes halogenated alkanes) is 1. The minimum absolute atomic E-state index is 1.11. The van der Waals surface area contributed by atoms with Gasteiger partial charge < -0.3 is 4.57 Å². The van der Waals surface area contributed by atoms with Crippen molar-refractivity contribution >= 4 is 32.6 Å². The molecule has 0 aliphatic rings. The van der Waals surface area contributed by atoms with Crippen molar-refractivity contribution in [2.45, 2.75) is 33.1 Å². The zero-order valence-corrected chi connectivity index (χ0v) is 14.1. The molecule has 2 heterocycles. The van der Waals surface area contributed by atoms with E-state index in [1.165, 1.54) is 56.5 Å². The fraction of sp³-hybridized carbons (Fsp3) is 0.286. The highest BCUT2D eigenvalue weighted by Gasteiger charge is 2.17. The SMILES string of the molecule is CCCCc1c2cnccc2c(C)c2c1c1ccccc1n2C. The monoisotopic (exact) mass is 302 g/mol. The maximum absolute atomic E-state index is 4.41. The van der Waals surface area contributed by atoms with E-state index >= 15 is 0 Å². The van der Waals surface area contributed by atoms with E-state index in [0.29, 0.717) is 0 Å². The topological polar surface area (TPSA) is 17.8 Å². The van der Waals surface area contributed by atoms with Gasteiger partial charge in [-0.3, -0.25) is 4.98 Å². The summed E-state index contributed by atoms with van der Waals surface area (Å²) in [6.07, 6.45) is 7.50. The second-order valence-corrected chi connectivity index (χ2v) is 6.43. The molecule has 4 aromatic rings. The van der Waals surface area contributed by atoms with Crippen LogP contribution >= 0.6 is 0 Å². The van der Waals surface area contributed by atoms with Gasteiger partial charge in [0.05, 0.1) is 5.52 Å². The molecule has 0 saturated heterocycles. The molecule has 2 aromatic carbocycles. The molecule has 0 spiro atoms. The Hall–Kier alpha value is -2.35. The van der Waals surface area contributed by atoms with Crippen molar-refractivity contribution in [2.75, 3.05) is 0 Å². The summed E-state index contributed by atoms with van der Waals surface area (Å²) in [7, 11) is 2.19. The Labute approximate surface area is 136 Å². The molecule has 0 bridgehead atoms. The predicted octanol–water partition coefficient (Wildman–Crippen LogP) is 5.53. The van der Waals surface area contributed by atoms with Crippen LogP contribution in [0.4, 0.5) is 0 Å². The molecule has 0 aliphatic heterocycles. The fourth-order valence-corrected chi connectivity index (χ4v) is 3.98. The van der Waals surface area contributed by atoms with Gasteiger partial charge in [-0.1, -0.05) is 31.5 Å². The van der Waals surface area contributed by atoms with E-state index in [4.69, 9.17) is 0 Å². The van der Waals surface area contributed by atoms with Gasteiger partial charge in [-0.15, -0.1) is 0 Å². The third kappa shape index (κ3) is 1.98. The van der Waals surface area contributed by atoms with Crippen LogP contribution in [0.5, 0.6) is 0 Å². The van der Waals surface area contributed by atoms with Gasteiger partial charge in [-0.05, 0) is 48.4 Å². The number of fused-ring (bicyclic) bond motifs is 4. The largest absolute Gasteiger partial charge is 0.343 e. The molecule has 0 N–H and O–H groups in total. The molecular weight excluding hydrogens is 280 g/mol. The molecule has 0 aliphatic carbocycles. The van der Waals surface area contributed by atoms with Crippen LogP contribution in [-0.2, 0) is 13.5 Å². The molecule has 0 atom stereocenters. The van der Waals surface area contributed by atoms with E-state index in [9.17, 15) is 0 Å². The highest BCUT2D eigenvalue weighted by Crippen LogP contribution is 2.38. The Morgan fingerprint density at radius 1 is 1.04 bits per heavy atom. The third-order valence-electron chi connectivity index (χ3n) is 5.09. The second-order valence-electron chi connectivity index (χ2n) is 6.43. The third-order valence-corrected chi connectivity index (χ3v) is 5.09. The highest BCUT2D eigenvalue weighted by atomic mass is 14.9. The first-order chi connectivity index (χ1) is 11.2. The summed E-state index contributed by atoms with van der Waals surface area (Å²) in [6, 6.07) is 10.9. The Balaban J connectivity index is 2.28. The lowest BCUT2D eigenvalue weighted by Crippen LogP contribution is -1.96. The Morgan fingerprint density at radius 2 is 1.87 bits per heavy atom. The van der Waals surface area contributed by atoms with Gasteiger partial charge >= 0.3 is 0 Å². The summed E-state index contributed by atoms with van der Waals surface area (Å²) in [5, 5.41) is 5.45. The number of aryl methyl sites for hydroxylation is 3. The van der Waals surface area contributed by atoms with Gasteiger partial charge in [-0.25, -0.2) is 0 Å². The molecule has 4 rings (SSSR count). The molecule has 0 amide bonds. The van der Waals surface area contributed by atoms with Gasteiger partial charge in [0.15, 0.2) is 0 Å². The molecule has 0 fully saturated rings. The molecule has 116 valence electrons. The summed E-state index contributed by atoms with van der Waals surface area (Å²) in [4.78, 5) is 4.41. The van der Waals surface area contributed by atoms with Crippen LogP contribution in [0.2, 0.25) is 0 Å². The number of rotatable bonds is 3. The fourth-order valence-electron chi connectivity index (χ4n) is 3.98. The lowest BCUT2D eigenvalue weighted by molar-refractivity contribution is 0.802. The minimum Gasteiger partial charge on any atom is -0.343 e. The number of hydrogen-bond acceptors (Lipinski definition) is 1. The Bertz CT molecular complexity index is 1020. The van der Waals surface area contributed by atoms with Gasteiger partial charge in [-0.2, -0.15) is 0 Å². The predicted molar refractivity (Wildman–Crippen MR) is 99.1 cm³/mol. The van der Waals surface area contributed by atoms with Crippen LogP contribution in [-0.4, -0.2) is 9.55 Å². The van der Waals surface area contributed by atoms with Crippen molar-refractivity contribution < 1.29 is 0 Å². The van der Waals surface area contributed by atoms with Crippen molar-refractivity contribution in [3.8, 4) is 0 Å². The van der Waals surface area contributed by atoms with E-state index in [2.05, 4.69) is 67.0 Å². The molecule has 2 aromatic heterocycles. The summed E-state index contributed by atoms with van der Waals surface area (Å²) in [6.45, 7) is 4.50. The first-order valence-corrected chi connectivity index (χ1v) is 8.46. The van der Waals surface area contributed by atoms with Crippen molar-refractivity contribution in [1.82, 2.24) is 9.55 Å². The lowest BCUT2D eigenvalue weighted by atomic mass is 9.93. The number of hydrogen-bond donors (Lipinski definition) is 0. The van der Waals surface area contributed by atoms with Crippen molar-refractivity contribution in [2.24, 2.45) is 7.05 Å². The van der Waals surface area contributed by atoms with Crippen LogP contribution in [0.25, 0.3) is 32.6 Å². The van der Waals surface area contributed by atoms with E-state index < -0.39 is 0 Å². The second kappa shape index (κ2) is 5.38. The van der Waals surface area contributed by atoms with Crippen molar-refractivity contribution in [1.29, 1.82) is 0 Å². The minimum atomic E-state index is 1.11. The summed E-state index contributed by atoms with van der Waals surface area (Å²) < 4.78 is 2.36. The van der Waals surface area contributed by atoms with Crippen LogP contribution in [0.1, 0.15) is 30.9 Å². The molecule has 2 nitrogen and oxygen atoms in total. The number of para-hydroxylation sites is 1. The van der Waals surface area contributed by atoms with E-state index in [1.807, 2.05) is 6.20 Å². The van der Waals surface area contributed by atoms with Crippen molar-refractivity contribution in [3.63, 3.8) is 0 Å². The quantitative estimate of drug-likeness (QED) is 0.486. The lowest BCUT2D eigenvalue weighted by Gasteiger charge is -2.13. The molecule has 0 saturated carbocycles. The number of pyridine rings is 1. The molecular formula is C21H22N2. The number of nitrogens with zero attached hydrogens (tertiary/aromatic N) is 2. The normalized spacial score (nSPS) is 11.8. The first-order valence-electron chi connectivity index (χ1n) is 8.46. The first kappa shape index (κ1) is 14.3. The van der Waals surface area contributed by atoms with E-state index in [0.717, 1.165) is 6.42 Å². The summed E-state index contributed by atoms with van der Waals surface area (Å²) in [5.74, 6) is 0. The molecule has 23 heavy (non-hydrogen) atoms. The summed E-state index contributed by atoms with van der Waals surface area (Å²) in [5.41, 5.74) is 5.51. The van der Waals surface area contributed by atoms with Crippen LogP contribution in [0.3, 0.4) is 0 Å². The molecule has 0 unspecified atom stereocenters. The zero-order valence-electron chi connectivity index (χ0n) is 14.1. The molecule has 2 heteroatoms. The number of aromatic nitrogens is 2. The van der Waals surface area contributed by atoms with Crippen LogP contribution < -0.4 is 0 Å². The van der Waals surface area contributed by atoms with Gasteiger partial charge in [0.25, 0.3) is 0 Å². The van der Waals surface area contributed by atoms with E-state index in [-0.39, 0.29) is 0 Å². The molecule has 0 radical (unpaired) electrons. The maximum atomic E-state index is 4.41. The highest BCUT2D eigenvalue weighted by molar-refractivity contribution is 6.16. The van der Waals surface area contributed by atoms with E-state index in [1.54, 1.807) is 0 Å². The Kier molecular flexibility index (Phi) is 3.33. The average molecular weight is 302 g/mol. The standard InChI is InChI=1S/C21H22N2/c1-4-5-8-16-18-13-22-12-11-15(18)14(2)21-20(16)17-9-6-7-10-19(17)23(21)3/h6-7,9-13H,4-5,8H2,1-3H3. The van der Waals surface area contributed by atoms with Crippen molar-refractivity contribution in [3.05, 3.63) is 53.9 Å². The van der Waals surface area contributed by atoms with Gasteiger partial charge in [0.1, 0.15) is 0 Å². The van der Waals surface area contributed by atoms with Crippen LogP contribution in [0.15, 0.2) is 42.7 Å². The Morgan fingerprint density at radius 3 is 2.70 bits per heavy atom. The van der Waals surface area contributed by atoms with Crippen LogP contribution in [0, 0.1) is 6.92 Å². The zero-order chi connectivity index (χ0) is 16.0. The maximum Gasteiger partial charge on any atom is 0.0527 e. The van der Waals surface area contributed by atoms with Gasteiger partial charge in [0.2, 0.25) is 0 Å². The summed E-state index contributed by atoms with van der Waals surface area (Å²) >= 11 is 0. The number of benzene rings is 2.